The third-order valence-electron chi connectivity index (χ3n) is 2.40. The zero-order chi connectivity index (χ0) is 12.1. The van der Waals surface area contributed by atoms with E-state index < -0.39 is 0 Å². The number of carbonyl (C=O) groups excluding carboxylic acids is 1. The number of hydrogen-bond acceptors (Lipinski definition) is 3. The van der Waals surface area contributed by atoms with Gasteiger partial charge in [0, 0.05) is 19.2 Å². The fourth-order valence-corrected chi connectivity index (χ4v) is 2.17. The van der Waals surface area contributed by atoms with Gasteiger partial charge in [0.15, 0.2) is 0 Å². The standard InChI is InChI=1S/C12H15N3OS/c1-2-12(16)13-6-8-15-7-5-10(14-15)11-4-3-9-17-11/h3-5,7,9H,2,6,8H2,1H3,(H,13,16). The Morgan fingerprint density at radius 3 is 3.12 bits per heavy atom. The van der Waals surface area contributed by atoms with Crippen LogP contribution in [0.4, 0.5) is 0 Å². The highest BCUT2D eigenvalue weighted by atomic mass is 32.1. The molecule has 1 amide bonds. The van der Waals surface area contributed by atoms with Crippen LogP contribution in [-0.2, 0) is 11.3 Å². The van der Waals surface area contributed by atoms with Crippen LogP contribution < -0.4 is 5.32 Å². The zero-order valence-electron chi connectivity index (χ0n) is 9.72. The molecule has 0 saturated carbocycles. The molecule has 2 aromatic heterocycles. The first-order valence-electron chi connectivity index (χ1n) is 5.63. The summed E-state index contributed by atoms with van der Waals surface area (Å²) in [4.78, 5) is 12.2. The Bertz CT molecular complexity index is 476. The number of nitrogens with one attached hydrogen (secondary N) is 1. The highest BCUT2D eigenvalue weighted by Gasteiger charge is 2.03. The van der Waals surface area contributed by atoms with Gasteiger partial charge in [-0.2, -0.15) is 5.10 Å². The molecule has 0 fully saturated rings. The number of aromatic nitrogens is 2. The zero-order valence-corrected chi connectivity index (χ0v) is 10.5. The molecule has 4 nitrogen and oxygen atoms in total. The molecule has 0 aliphatic carbocycles. The minimum Gasteiger partial charge on any atom is -0.354 e. The van der Waals surface area contributed by atoms with Crippen LogP contribution in [0.3, 0.4) is 0 Å². The van der Waals surface area contributed by atoms with Crippen molar-refractivity contribution < 1.29 is 4.79 Å². The lowest BCUT2D eigenvalue weighted by Crippen LogP contribution is -2.26. The summed E-state index contributed by atoms with van der Waals surface area (Å²) in [6, 6.07) is 6.06. The van der Waals surface area contributed by atoms with Gasteiger partial charge in [-0.05, 0) is 17.5 Å². The molecule has 0 spiro atoms. The second kappa shape index (κ2) is 5.63. The van der Waals surface area contributed by atoms with E-state index in [4.69, 9.17) is 0 Å². The smallest absolute Gasteiger partial charge is 0.219 e. The molecule has 0 aromatic carbocycles. The van der Waals surface area contributed by atoms with Crippen molar-refractivity contribution >= 4 is 17.2 Å². The predicted molar refractivity (Wildman–Crippen MR) is 68.8 cm³/mol. The van der Waals surface area contributed by atoms with Gasteiger partial charge in [0.05, 0.1) is 11.4 Å². The van der Waals surface area contributed by atoms with E-state index >= 15 is 0 Å². The predicted octanol–water partition coefficient (Wildman–Crippen LogP) is 2.14. The molecule has 90 valence electrons. The maximum atomic E-state index is 11.1. The molecule has 1 N–H and O–H groups in total. The average Bonchev–Trinajstić information content (AvgIpc) is 2.98. The van der Waals surface area contributed by atoms with Gasteiger partial charge in [-0.25, -0.2) is 0 Å². The molecular weight excluding hydrogens is 234 g/mol. The molecule has 2 heterocycles. The molecule has 0 aliphatic rings. The second-order valence-electron chi connectivity index (χ2n) is 3.64. The fourth-order valence-electron chi connectivity index (χ4n) is 1.48. The second-order valence-corrected chi connectivity index (χ2v) is 4.59. The topological polar surface area (TPSA) is 46.9 Å². The number of nitrogens with zero attached hydrogens (tertiary/aromatic N) is 2. The lowest BCUT2D eigenvalue weighted by Gasteiger charge is -2.03. The largest absolute Gasteiger partial charge is 0.354 e. The quantitative estimate of drug-likeness (QED) is 0.882. The van der Waals surface area contributed by atoms with Crippen molar-refractivity contribution in [3.05, 3.63) is 29.8 Å². The Balaban J connectivity index is 1.89. The molecule has 0 unspecified atom stereocenters. The summed E-state index contributed by atoms with van der Waals surface area (Å²) in [6.45, 7) is 3.17. The minimum atomic E-state index is 0.0793. The summed E-state index contributed by atoms with van der Waals surface area (Å²) in [6.07, 6.45) is 2.46. The minimum absolute atomic E-state index is 0.0793. The Labute approximate surface area is 104 Å². The summed E-state index contributed by atoms with van der Waals surface area (Å²) in [5.74, 6) is 0.0793. The molecular formula is C12H15N3OS. The van der Waals surface area contributed by atoms with Crippen LogP contribution in [0, 0.1) is 0 Å². The van der Waals surface area contributed by atoms with Gasteiger partial charge >= 0.3 is 0 Å². The SMILES string of the molecule is CCC(=O)NCCn1ccc(-c2cccs2)n1. The van der Waals surface area contributed by atoms with E-state index in [0.717, 1.165) is 5.69 Å². The normalized spacial score (nSPS) is 10.4. The Hall–Kier alpha value is -1.62. The molecule has 2 rings (SSSR count). The van der Waals surface area contributed by atoms with E-state index in [-0.39, 0.29) is 5.91 Å². The molecule has 0 atom stereocenters. The molecule has 17 heavy (non-hydrogen) atoms. The van der Waals surface area contributed by atoms with Crippen LogP contribution in [0.5, 0.6) is 0 Å². The molecule has 0 saturated heterocycles. The van der Waals surface area contributed by atoms with Gasteiger partial charge < -0.3 is 5.32 Å². The summed E-state index contributed by atoms with van der Waals surface area (Å²) in [5.41, 5.74) is 0.988. The number of thiophene rings is 1. The van der Waals surface area contributed by atoms with Crippen molar-refractivity contribution in [2.75, 3.05) is 6.54 Å². The van der Waals surface area contributed by atoms with Gasteiger partial charge in [-0.1, -0.05) is 13.0 Å². The van der Waals surface area contributed by atoms with E-state index in [2.05, 4.69) is 16.5 Å². The van der Waals surface area contributed by atoms with Crippen molar-refractivity contribution in [1.82, 2.24) is 15.1 Å². The summed E-state index contributed by atoms with van der Waals surface area (Å²) in [7, 11) is 0. The number of rotatable bonds is 5. The third-order valence-corrected chi connectivity index (χ3v) is 3.29. The third kappa shape index (κ3) is 3.17. The highest BCUT2D eigenvalue weighted by Crippen LogP contribution is 2.22. The van der Waals surface area contributed by atoms with Crippen LogP contribution in [0.25, 0.3) is 10.6 Å². The van der Waals surface area contributed by atoms with Gasteiger partial charge in [-0.3, -0.25) is 9.48 Å². The van der Waals surface area contributed by atoms with E-state index in [1.54, 1.807) is 11.3 Å². The first-order valence-corrected chi connectivity index (χ1v) is 6.51. The van der Waals surface area contributed by atoms with Crippen LogP contribution in [0.1, 0.15) is 13.3 Å². The first-order chi connectivity index (χ1) is 8.29. The van der Waals surface area contributed by atoms with E-state index in [0.29, 0.717) is 19.5 Å². The number of amides is 1. The Kier molecular flexibility index (Phi) is 3.93. The maximum Gasteiger partial charge on any atom is 0.219 e. The molecule has 0 bridgehead atoms. The average molecular weight is 249 g/mol. The van der Waals surface area contributed by atoms with Crippen molar-refractivity contribution in [3.63, 3.8) is 0 Å². The van der Waals surface area contributed by atoms with Crippen LogP contribution in [0.2, 0.25) is 0 Å². The van der Waals surface area contributed by atoms with Crippen molar-refractivity contribution in [1.29, 1.82) is 0 Å². The number of hydrogen-bond donors (Lipinski definition) is 1. The fraction of sp³-hybridized carbons (Fsp3) is 0.333. The van der Waals surface area contributed by atoms with Crippen molar-refractivity contribution in [2.24, 2.45) is 0 Å². The lowest BCUT2D eigenvalue weighted by atomic mass is 10.3. The molecule has 5 heteroatoms. The first kappa shape index (κ1) is 11.9. The monoisotopic (exact) mass is 249 g/mol. The maximum absolute atomic E-state index is 11.1. The van der Waals surface area contributed by atoms with Crippen molar-refractivity contribution in [2.45, 2.75) is 19.9 Å². The van der Waals surface area contributed by atoms with E-state index in [1.165, 1.54) is 4.88 Å². The Morgan fingerprint density at radius 2 is 2.41 bits per heavy atom. The van der Waals surface area contributed by atoms with Gasteiger partial charge in [-0.15, -0.1) is 11.3 Å². The van der Waals surface area contributed by atoms with Gasteiger partial charge in [0.25, 0.3) is 0 Å². The molecule has 0 radical (unpaired) electrons. The highest BCUT2D eigenvalue weighted by molar-refractivity contribution is 7.13. The van der Waals surface area contributed by atoms with Crippen LogP contribution in [-0.4, -0.2) is 22.2 Å². The summed E-state index contributed by atoms with van der Waals surface area (Å²) < 4.78 is 1.85. The Morgan fingerprint density at radius 1 is 1.53 bits per heavy atom. The van der Waals surface area contributed by atoms with E-state index in [1.807, 2.05) is 35.3 Å². The van der Waals surface area contributed by atoms with Crippen LogP contribution >= 0.6 is 11.3 Å². The summed E-state index contributed by atoms with van der Waals surface area (Å²) in [5, 5.41) is 9.32. The van der Waals surface area contributed by atoms with E-state index in [9.17, 15) is 4.79 Å². The molecule has 0 aliphatic heterocycles. The van der Waals surface area contributed by atoms with Crippen LogP contribution in [0.15, 0.2) is 29.8 Å². The number of carbonyl (C=O) groups is 1. The van der Waals surface area contributed by atoms with Gasteiger partial charge in [0.2, 0.25) is 5.91 Å². The molecule has 2 aromatic rings. The lowest BCUT2D eigenvalue weighted by molar-refractivity contribution is -0.120. The van der Waals surface area contributed by atoms with Gasteiger partial charge in [0.1, 0.15) is 5.69 Å². The summed E-state index contributed by atoms with van der Waals surface area (Å²) >= 11 is 1.68. The van der Waals surface area contributed by atoms with Crippen molar-refractivity contribution in [3.8, 4) is 10.6 Å².